The number of nitrogens with zero attached hydrogens (tertiary/aromatic N) is 2. The summed E-state index contributed by atoms with van der Waals surface area (Å²) < 4.78 is 27.0. The van der Waals surface area contributed by atoms with Crippen molar-refractivity contribution in [1.29, 1.82) is 0 Å². The summed E-state index contributed by atoms with van der Waals surface area (Å²) in [6.07, 6.45) is 3.19. The van der Waals surface area contributed by atoms with E-state index in [4.69, 9.17) is 0 Å². The molecule has 19 heavy (non-hydrogen) atoms. The Hall–Kier alpha value is -1.40. The van der Waals surface area contributed by atoms with Crippen molar-refractivity contribution in [1.82, 2.24) is 4.98 Å². The highest BCUT2D eigenvalue weighted by Crippen LogP contribution is 2.30. The molecule has 0 atom stereocenters. The van der Waals surface area contributed by atoms with Crippen molar-refractivity contribution in [2.24, 2.45) is 0 Å². The van der Waals surface area contributed by atoms with Crippen LogP contribution < -0.4 is 4.31 Å². The van der Waals surface area contributed by atoms with Crippen molar-refractivity contribution < 1.29 is 8.42 Å². The normalized spacial score (nSPS) is 11.5. The van der Waals surface area contributed by atoms with Crippen LogP contribution in [0.4, 0.5) is 5.69 Å². The lowest BCUT2D eigenvalue weighted by Gasteiger charge is -2.21. The van der Waals surface area contributed by atoms with Gasteiger partial charge in [-0.15, -0.1) is 11.3 Å². The number of rotatable bonds is 4. The molecule has 4 nitrogen and oxygen atoms in total. The third-order valence-corrected chi connectivity index (χ3v) is 6.41. The summed E-state index contributed by atoms with van der Waals surface area (Å²) >= 11 is 1.31. The fourth-order valence-electron chi connectivity index (χ4n) is 1.77. The van der Waals surface area contributed by atoms with Crippen molar-refractivity contribution in [3.05, 3.63) is 41.0 Å². The van der Waals surface area contributed by atoms with Crippen LogP contribution in [0.15, 0.2) is 34.8 Å². The van der Waals surface area contributed by atoms with Crippen LogP contribution in [-0.4, -0.2) is 19.9 Å². The Morgan fingerprint density at radius 1 is 1.37 bits per heavy atom. The van der Waals surface area contributed by atoms with Crippen molar-refractivity contribution in [2.75, 3.05) is 10.8 Å². The van der Waals surface area contributed by atoms with Gasteiger partial charge in [0, 0.05) is 17.6 Å². The van der Waals surface area contributed by atoms with E-state index in [9.17, 15) is 8.42 Å². The highest BCUT2D eigenvalue weighted by atomic mass is 32.2. The van der Waals surface area contributed by atoms with Crippen molar-refractivity contribution in [3.8, 4) is 0 Å². The summed E-state index contributed by atoms with van der Waals surface area (Å²) in [5.41, 5.74) is 1.60. The maximum absolute atomic E-state index is 12.6. The van der Waals surface area contributed by atoms with E-state index in [0.29, 0.717) is 16.4 Å². The van der Waals surface area contributed by atoms with Crippen LogP contribution in [0.3, 0.4) is 0 Å². The molecule has 0 saturated carbocycles. The Labute approximate surface area is 117 Å². The minimum atomic E-state index is -3.49. The van der Waals surface area contributed by atoms with Gasteiger partial charge in [-0.05, 0) is 44.5 Å². The Bertz CT molecular complexity index is 644. The van der Waals surface area contributed by atoms with Gasteiger partial charge in [-0.1, -0.05) is 0 Å². The third kappa shape index (κ3) is 2.64. The van der Waals surface area contributed by atoms with Crippen LogP contribution in [0.5, 0.6) is 0 Å². The molecule has 0 unspecified atom stereocenters. The van der Waals surface area contributed by atoms with E-state index in [2.05, 4.69) is 4.98 Å². The fraction of sp³-hybridized carbons (Fsp3) is 0.308. The summed E-state index contributed by atoms with van der Waals surface area (Å²) in [6.45, 7) is 6.05. The molecule has 2 rings (SSSR count). The quantitative estimate of drug-likeness (QED) is 0.871. The molecular weight excluding hydrogens is 280 g/mol. The molecule has 0 aromatic carbocycles. The summed E-state index contributed by atoms with van der Waals surface area (Å²) in [6, 6.07) is 5.22. The molecule has 0 amide bonds. The first kappa shape index (κ1) is 14.0. The van der Waals surface area contributed by atoms with Gasteiger partial charge in [0.2, 0.25) is 0 Å². The maximum atomic E-state index is 12.6. The van der Waals surface area contributed by atoms with Gasteiger partial charge in [0.15, 0.2) is 0 Å². The molecule has 0 saturated heterocycles. The molecule has 0 fully saturated rings. The van der Waals surface area contributed by atoms with Gasteiger partial charge in [-0.25, -0.2) is 8.42 Å². The molecule has 0 bridgehead atoms. The number of aromatic nitrogens is 1. The molecule has 0 spiro atoms. The Morgan fingerprint density at radius 3 is 2.58 bits per heavy atom. The number of anilines is 1. The highest BCUT2D eigenvalue weighted by molar-refractivity contribution is 7.94. The van der Waals surface area contributed by atoms with Crippen LogP contribution >= 0.6 is 11.3 Å². The van der Waals surface area contributed by atoms with E-state index in [1.54, 1.807) is 30.6 Å². The minimum Gasteiger partial charge on any atom is -0.264 e. The highest BCUT2D eigenvalue weighted by Gasteiger charge is 2.25. The summed E-state index contributed by atoms with van der Waals surface area (Å²) in [5, 5.41) is 0. The van der Waals surface area contributed by atoms with E-state index in [0.717, 1.165) is 10.4 Å². The van der Waals surface area contributed by atoms with E-state index in [1.807, 2.05) is 20.8 Å². The molecule has 2 heterocycles. The zero-order valence-corrected chi connectivity index (χ0v) is 12.8. The molecule has 0 aliphatic heterocycles. The van der Waals surface area contributed by atoms with Crippen LogP contribution in [0.2, 0.25) is 0 Å². The Balaban J connectivity index is 2.48. The van der Waals surface area contributed by atoms with Gasteiger partial charge in [0.25, 0.3) is 10.0 Å². The van der Waals surface area contributed by atoms with E-state index in [-0.39, 0.29) is 0 Å². The van der Waals surface area contributed by atoms with E-state index < -0.39 is 10.0 Å². The molecule has 0 radical (unpaired) electrons. The monoisotopic (exact) mass is 296 g/mol. The number of sulfonamides is 1. The molecule has 2 aromatic heterocycles. The topological polar surface area (TPSA) is 50.3 Å². The van der Waals surface area contributed by atoms with Gasteiger partial charge in [-0.3, -0.25) is 9.29 Å². The standard InChI is InChI=1S/C13H16N2O2S2/c1-4-15(12-6-5-7-14-9-12)19(16,17)13-8-10(2)11(3)18-13/h5-9H,4H2,1-3H3. The first-order valence-electron chi connectivity index (χ1n) is 5.96. The average Bonchev–Trinajstić information content (AvgIpc) is 2.72. The molecule has 0 aliphatic carbocycles. The second kappa shape index (κ2) is 5.30. The van der Waals surface area contributed by atoms with Gasteiger partial charge in [0.1, 0.15) is 4.21 Å². The number of pyridine rings is 1. The first-order chi connectivity index (χ1) is 8.96. The molecular formula is C13H16N2O2S2. The van der Waals surface area contributed by atoms with Gasteiger partial charge in [0.05, 0.1) is 11.9 Å². The molecule has 0 N–H and O–H groups in total. The van der Waals surface area contributed by atoms with Crippen molar-refractivity contribution >= 4 is 27.0 Å². The van der Waals surface area contributed by atoms with E-state index in [1.165, 1.54) is 15.6 Å². The number of hydrogen-bond acceptors (Lipinski definition) is 4. The molecule has 2 aromatic rings. The first-order valence-corrected chi connectivity index (χ1v) is 8.22. The van der Waals surface area contributed by atoms with Gasteiger partial charge < -0.3 is 0 Å². The predicted octanol–water partition coefficient (Wildman–Crippen LogP) is 2.98. The van der Waals surface area contributed by atoms with Crippen molar-refractivity contribution in [2.45, 2.75) is 25.0 Å². The fourth-order valence-corrected chi connectivity index (χ4v) is 4.86. The SMILES string of the molecule is CCN(c1cccnc1)S(=O)(=O)c1cc(C)c(C)s1. The van der Waals surface area contributed by atoms with Crippen LogP contribution in [0, 0.1) is 13.8 Å². The van der Waals surface area contributed by atoms with Crippen LogP contribution in [0.1, 0.15) is 17.4 Å². The second-order valence-electron chi connectivity index (χ2n) is 4.19. The third-order valence-electron chi connectivity index (χ3n) is 2.91. The number of hydrogen-bond donors (Lipinski definition) is 0. The summed E-state index contributed by atoms with van der Waals surface area (Å²) in [7, 11) is -3.49. The summed E-state index contributed by atoms with van der Waals surface area (Å²) in [5.74, 6) is 0. The lowest BCUT2D eigenvalue weighted by molar-refractivity contribution is 0.594. The summed E-state index contributed by atoms with van der Waals surface area (Å²) in [4.78, 5) is 5.01. The molecule has 6 heteroatoms. The second-order valence-corrected chi connectivity index (χ2v) is 7.53. The number of thiophene rings is 1. The molecule has 0 aliphatic rings. The smallest absolute Gasteiger partial charge is 0.264 e. The largest absolute Gasteiger partial charge is 0.273 e. The van der Waals surface area contributed by atoms with Gasteiger partial charge >= 0.3 is 0 Å². The lowest BCUT2D eigenvalue weighted by atomic mass is 10.3. The van der Waals surface area contributed by atoms with Crippen LogP contribution in [0.25, 0.3) is 0 Å². The zero-order valence-electron chi connectivity index (χ0n) is 11.1. The maximum Gasteiger partial charge on any atom is 0.273 e. The zero-order chi connectivity index (χ0) is 14.0. The average molecular weight is 296 g/mol. The minimum absolute atomic E-state index is 0.379. The Morgan fingerprint density at radius 2 is 2.11 bits per heavy atom. The Kier molecular flexibility index (Phi) is 3.91. The predicted molar refractivity (Wildman–Crippen MR) is 78.2 cm³/mol. The number of aryl methyl sites for hydroxylation is 2. The molecule has 102 valence electrons. The van der Waals surface area contributed by atoms with Crippen LogP contribution in [-0.2, 0) is 10.0 Å². The van der Waals surface area contributed by atoms with Crippen molar-refractivity contribution in [3.63, 3.8) is 0 Å². The van der Waals surface area contributed by atoms with E-state index >= 15 is 0 Å². The van der Waals surface area contributed by atoms with Gasteiger partial charge in [-0.2, -0.15) is 0 Å². The lowest BCUT2D eigenvalue weighted by Crippen LogP contribution is -2.30.